The van der Waals surface area contributed by atoms with Crippen molar-refractivity contribution in [2.45, 2.75) is 6.61 Å². The lowest BCUT2D eigenvalue weighted by molar-refractivity contribution is -0.400. The normalized spacial score (nSPS) is 10.8. The molecule has 126 valence electrons. The molecule has 6 nitrogen and oxygen atoms in total. The Morgan fingerprint density at radius 1 is 1.17 bits per heavy atom. The Kier molecular flexibility index (Phi) is 6.60. The molecule has 0 saturated carbocycles. The van der Waals surface area contributed by atoms with Crippen molar-refractivity contribution in [3.63, 3.8) is 0 Å². The summed E-state index contributed by atoms with van der Waals surface area (Å²) < 4.78 is 16.1. The van der Waals surface area contributed by atoms with Gasteiger partial charge in [0.05, 0.1) is 9.95 Å². The molecule has 0 aliphatic carbocycles. The zero-order valence-electron chi connectivity index (χ0n) is 13.0. The molecule has 0 unspecified atom stereocenters. The van der Waals surface area contributed by atoms with E-state index < -0.39 is 4.92 Å². The molecule has 0 fully saturated rings. The van der Waals surface area contributed by atoms with E-state index in [1.807, 2.05) is 30.3 Å². The average molecular weight is 350 g/mol. The summed E-state index contributed by atoms with van der Waals surface area (Å²) in [5, 5.41) is 10.7. The predicted octanol–water partition coefficient (Wildman–Crippen LogP) is 4.15. The number of benzene rings is 2. The van der Waals surface area contributed by atoms with Crippen LogP contribution in [0.15, 0.2) is 48.7 Å². The summed E-state index contributed by atoms with van der Waals surface area (Å²) in [6.45, 7) is 0.314. The number of methoxy groups -OCH3 is 1. The topological polar surface area (TPSA) is 70.8 Å². The highest BCUT2D eigenvalue weighted by Gasteiger charge is 2.14. The first kappa shape index (κ1) is 17.8. The van der Waals surface area contributed by atoms with Crippen molar-refractivity contribution in [1.82, 2.24) is 0 Å². The molecule has 0 aromatic heterocycles. The number of nitrogens with zero attached hydrogens (tertiary/aromatic N) is 1. The first-order valence-electron chi connectivity index (χ1n) is 7.04. The van der Waals surface area contributed by atoms with Crippen LogP contribution in [0.5, 0.6) is 11.5 Å². The van der Waals surface area contributed by atoms with Crippen LogP contribution in [-0.4, -0.2) is 18.8 Å². The zero-order chi connectivity index (χ0) is 17.4. The van der Waals surface area contributed by atoms with Crippen LogP contribution in [0.1, 0.15) is 11.1 Å². The minimum absolute atomic E-state index is 0.0299. The van der Waals surface area contributed by atoms with E-state index in [0.717, 1.165) is 11.8 Å². The van der Waals surface area contributed by atoms with E-state index in [9.17, 15) is 10.1 Å². The fourth-order valence-corrected chi connectivity index (χ4v) is 2.20. The third-order valence-corrected chi connectivity index (χ3v) is 3.41. The summed E-state index contributed by atoms with van der Waals surface area (Å²) in [4.78, 5) is 9.93. The number of hydrogen-bond donors (Lipinski definition) is 0. The van der Waals surface area contributed by atoms with Crippen molar-refractivity contribution in [3.8, 4) is 11.5 Å². The maximum Gasteiger partial charge on any atom is 0.235 e. The fourth-order valence-electron chi connectivity index (χ4n) is 1.92. The Balaban J connectivity index is 2.28. The van der Waals surface area contributed by atoms with Gasteiger partial charge in [-0.1, -0.05) is 41.9 Å². The molecule has 0 atom stereocenters. The van der Waals surface area contributed by atoms with Crippen LogP contribution < -0.4 is 9.47 Å². The molecule has 2 rings (SSSR count). The quantitative estimate of drug-likeness (QED) is 0.407. The molecule has 0 spiro atoms. The van der Waals surface area contributed by atoms with E-state index in [1.165, 1.54) is 13.2 Å². The van der Waals surface area contributed by atoms with Gasteiger partial charge in [0.2, 0.25) is 6.20 Å². The van der Waals surface area contributed by atoms with Crippen LogP contribution in [0.2, 0.25) is 5.02 Å². The summed E-state index contributed by atoms with van der Waals surface area (Å²) >= 11 is 6.32. The van der Waals surface area contributed by atoms with Gasteiger partial charge in [0.15, 0.2) is 18.3 Å². The van der Waals surface area contributed by atoms with Gasteiger partial charge in [0.1, 0.15) is 6.61 Å². The SMILES string of the molecule is COCOc1ccc(C=C[N+](=O)[O-])c(Cl)c1OCc1ccccc1. The maximum absolute atomic E-state index is 10.5. The number of nitro groups is 1. The van der Waals surface area contributed by atoms with Crippen LogP contribution in [0.4, 0.5) is 0 Å². The molecular formula is C17H16ClNO5. The molecule has 24 heavy (non-hydrogen) atoms. The summed E-state index contributed by atoms with van der Waals surface area (Å²) in [7, 11) is 1.50. The van der Waals surface area contributed by atoms with Crippen LogP contribution in [0, 0.1) is 10.1 Å². The van der Waals surface area contributed by atoms with E-state index in [4.69, 9.17) is 25.8 Å². The Bertz CT molecular complexity index is 718. The lowest BCUT2D eigenvalue weighted by Crippen LogP contribution is -2.03. The summed E-state index contributed by atoms with van der Waals surface area (Å²) in [6, 6.07) is 12.8. The number of hydrogen-bond acceptors (Lipinski definition) is 5. The molecule has 0 saturated heterocycles. The molecule has 0 aliphatic heterocycles. The molecule has 0 bridgehead atoms. The highest BCUT2D eigenvalue weighted by atomic mass is 35.5. The van der Waals surface area contributed by atoms with Gasteiger partial charge in [0, 0.05) is 18.7 Å². The third-order valence-electron chi connectivity index (χ3n) is 3.02. The summed E-state index contributed by atoms with van der Waals surface area (Å²) in [5.41, 5.74) is 1.42. The van der Waals surface area contributed by atoms with Crippen LogP contribution in [0.3, 0.4) is 0 Å². The van der Waals surface area contributed by atoms with Crippen LogP contribution in [0.25, 0.3) is 6.08 Å². The van der Waals surface area contributed by atoms with E-state index in [1.54, 1.807) is 12.1 Å². The standard InChI is InChI=1S/C17H16ClNO5/c1-22-12-24-15-8-7-14(9-10-19(20)21)16(18)17(15)23-11-13-5-3-2-4-6-13/h2-10H,11-12H2,1H3. The van der Waals surface area contributed by atoms with E-state index in [0.29, 0.717) is 17.1 Å². The summed E-state index contributed by atoms with van der Waals surface area (Å²) in [6.07, 6.45) is 2.12. The van der Waals surface area contributed by atoms with Gasteiger partial charge in [-0.25, -0.2) is 0 Å². The van der Waals surface area contributed by atoms with Gasteiger partial charge in [0.25, 0.3) is 0 Å². The molecule has 0 N–H and O–H groups in total. The van der Waals surface area contributed by atoms with Gasteiger partial charge >= 0.3 is 0 Å². The highest BCUT2D eigenvalue weighted by Crippen LogP contribution is 2.39. The molecule has 7 heteroatoms. The number of halogens is 1. The van der Waals surface area contributed by atoms with Crippen molar-refractivity contribution in [3.05, 3.63) is 74.9 Å². The second kappa shape index (κ2) is 8.90. The Morgan fingerprint density at radius 2 is 1.92 bits per heavy atom. The fraction of sp³-hybridized carbons (Fsp3) is 0.176. The van der Waals surface area contributed by atoms with E-state index in [-0.39, 0.29) is 18.4 Å². The van der Waals surface area contributed by atoms with Crippen LogP contribution >= 0.6 is 11.6 Å². The molecular weight excluding hydrogens is 334 g/mol. The second-order valence-electron chi connectivity index (χ2n) is 4.72. The first-order chi connectivity index (χ1) is 11.6. The molecule has 0 aliphatic rings. The average Bonchev–Trinajstić information content (AvgIpc) is 2.59. The summed E-state index contributed by atoms with van der Waals surface area (Å²) in [5.74, 6) is 0.708. The van der Waals surface area contributed by atoms with Crippen molar-refractivity contribution in [2.75, 3.05) is 13.9 Å². The van der Waals surface area contributed by atoms with Crippen molar-refractivity contribution in [1.29, 1.82) is 0 Å². The zero-order valence-corrected chi connectivity index (χ0v) is 13.7. The van der Waals surface area contributed by atoms with Crippen molar-refractivity contribution in [2.24, 2.45) is 0 Å². The number of rotatable bonds is 8. The van der Waals surface area contributed by atoms with Gasteiger partial charge in [-0.2, -0.15) is 0 Å². The maximum atomic E-state index is 10.5. The minimum atomic E-state index is -0.559. The van der Waals surface area contributed by atoms with Gasteiger partial charge < -0.3 is 14.2 Å². The monoisotopic (exact) mass is 349 g/mol. The van der Waals surface area contributed by atoms with Gasteiger partial charge in [-0.15, -0.1) is 0 Å². The Morgan fingerprint density at radius 3 is 2.58 bits per heavy atom. The molecule has 0 amide bonds. The van der Waals surface area contributed by atoms with Crippen LogP contribution in [-0.2, 0) is 11.3 Å². The third kappa shape index (κ3) is 4.97. The Labute approximate surface area is 144 Å². The van der Waals surface area contributed by atoms with Crippen molar-refractivity contribution < 1.29 is 19.1 Å². The van der Waals surface area contributed by atoms with E-state index in [2.05, 4.69) is 0 Å². The Hall–Kier alpha value is -2.57. The predicted molar refractivity (Wildman–Crippen MR) is 90.8 cm³/mol. The largest absolute Gasteiger partial charge is 0.483 e. The van der Waals surface area contributed by atoms with Gasteiger partial charge in [-0.3, -0.25) is 10.1 Å². The lowest BCUT2D eigenvalue weighted by Gasteiger charge is -2.15. The second-order valence-corrected chi connectivity index (χ2v) is 5.10. The van der Waals surface area contributed by atoms with E-state index >= 15 is 0 Å². The molecule has 2 aromatic carbocycles. The van der Waals surface area contributed by atoms with Crippen molar-refractivity contribution >= 4 is 17.7 Å². The number of ether oxygens (including phenoxy) is 3. The first-order valence-corrected chi connectivity index (χ1v) is 7.42. The molecule has 2 aromatic rings. The smallest absolute Gasteiger partial charge is 0.235 e. The molecule has 0 radical (unpaired) electrons. The lowest BCUT2D eigenvalue weighted by atomic mass is 10.2. The minimum Gasteiger partial charge on any atom is -0.483 e. The molecule has 0 heterocycles. The highest BCUT2D eigenvalue weighted by molar-refractivity contribution is 6.33. The van der Waals surface area contributed by atoms with Gasteiger partial charge in [-0.05, 0) is 17.7 Å².